The van der Waals surface area contributed by atoms with Crippen LogP contribution in [0.25, 0.3) is 0 Å². The number of amides is 1. The van der Waals surface area contributed by atoms with Gasteiger partial charge in [-0.1, -0.05) is 13.8 Å². The number of carbonyl (C=O) groups is 2. The summed E-state index contributed by atoms with van der Waals surface area (Å²) in [5.74, 6) is -0.568. The number of hydrogen-bond acceptors (Lipinski definition) is 3. The Morgan fingerprint density at radius 2 is 1.87 bits per heavy atom. The van der Waals surface area contributed by atoms with Crippen molar-refractivity contribution in [2.45, 2.75) is 33.2 Å². The van der Waals surface area contributed by atoms with Gasteiger partial charge in [0.25, 0.3) is 0 Å². The third-order valence-electron chi connectivity index (χ3n) is 1.97. The lowest BCUT2D eigenvalue weighted by atomic mass is 10.1. The lowest BCUT2D eigenvalue weighted by molar-refractivity contribution is -0.136. The molecule has 0 spiro atoms. The minimum atomic E-state index is -0.961. The summed E-state index contributed by atoms with van der Waals surface area (Å²) in [5, 5.41) is 13.8. The molecule has 0 heterocycles. The monoisotopic (exact) mass is 216 g/mol. The van der Waals surface area contributed by atoms with Gasteiger partial charge in [0.05, 0.1) is 12.6 Å². The fraction of sp³-hybridized carbons (Fsp3) is 0.800. The first kappa shape index (κ1) is 13.9. The Bertz CT molecular complexity index is 217. The Balaban J connectivity index is 3.64. The van der Waals surface area contributed by atoms with Crippen molar-refractivity contribution in [1.29, 1.82) is 0 Å². The lowest BCUT2D eigenvalue weighted by Crippen LogP contribution is -2.44. The van der Waals surface area contributed by atoms with Crippen LogP contribution in [0.4, 0.5) is 0 Å². The van der Waals surface area contributed by atoms with Gasteiger partial charge in [-0.2, -0.15) is 0 Å². The molecule has 0 aromatic carbocycles. The highest BCUT2D eigenvalue weighted by Gasteiger charge is 2.12. The summed E-state index contributed by atoms with van der Waals surface area (Å²) in [5.41, 5.74) is 0. The minimum absolute atomic E-state index is 0.156. The van der Waals surface area contributed by atoms with Crippen LogP contribution in [0, 0.1) is 5.92 Å². The molecule has 1 unspecified atom stereocenters. The number of carboxylic acid groups (broad SMARTS) is 1. The second kappa shape index (κ2) is 7.23. The van der Waals surface area contributed by atoms with E-state index in [-0.39, 0.29) is 12.5 Å². The van der Waals surface area contributed by atoms with E-state index in [9.17, 15) is 9.59 Å². The first-order valence-electron chi connectivity index (χ1n) is 5.16. The van der Waals surface area contributed by atoms with Crippen LogP contribution in [0.1, 0.15) is 27.2 Å². The van der Waals surface area contributed by atoms with Gasteiger partial charge in [0.2, 0.25) is 5.91 Å². The van der Waals surface area contributed by atoms with E-state index in [0.29, 0.717) is 12.5 Å². The zero-order chi connectivity index (χ0) is 11.8. The summed E-state index contributed by atoms with van der Waals surface area (Å²) in [7, 11) is 0. The van der Waals surface area contributed by atoms with E-state index in [1.165, 1.54) is 0 Å². The molecule has 5 nitrogen and oxygen atoms in total. The summed E-state index contributed by atoms with van der Waals surface area (Å²) in [4.78, 5) is 21.6. The molecule has 0 rings (SSSR count). The number of hydrogen-bond donors (Lipinski definition) is 3. The summed E-state index contributed by atoms with van der Waals surface area (Å²) in [6.45, 7) is 6.25. The maximum Gasteiger partial charge on any atom is 0.317 e. The molecule has 0 aromatic heterocycles. The summed E-state index contributed by atoms with van der Waals surface area (Å²) < 4.78 is 0. The molecular weight excluding hydrogens is 196 g/mol. The molecule has 0 aliphatic rings. The molecule has 3 N–H and O–H groups in total. The Labute approximate surface area is 90.2 Å². The van der Waals surface area contributed by atoms with Crippen molar-refractivity contribution in [3.8, 4) is 0 Å². The average Bonchev–Trinajstić information content (AvgIpc) is 2.13. The molecule has 0 bridgehead atoms. The predicted octanol–water partition coefficient (Wildman–Crippen LogP) is 0.211. The third-order valence-corrected chi connectivity index (χ3v) is 1.97. The van der Waals surface area contributed by atoms with Crippen LogP contribution < -0.4 is 10.6 Å². The van der Waals surface area contributed by atoms with Gasteiger partial charge in [-0.05, 0) is 19.3 Å². The molecule has 0 saturated heterocycles. The van der Waals surface area contributed by atoms with Gasteiger partial charge in [-0.3, -0.25) is 14.9 Å². The summed E-state index contributed by atoms with van der Waals surface area (Å²) in [6.07, 6.45) is 0.928. The van der Waals surface area contributed by atoms with E-state index in [0.717, 1.165) is 6.42 Å². The smallest absolute Gasteiger partial charge is 0.317 e. The quantitative estimate of drug-likeness (QED) is 0.568. The van der Waals surface area contributed by atoms with Crippen molar-refractivity contribution < 1.29 is 14.7 Å². The van der Waals surface area contributed by atoms with Gasteiger partial charge in [-0.25, -0.2) is 0 Å². The molecule has 0 saturated carbocycles. The van der Waals surface area contributed by atoms with Crippen LogP contribution in [0.2, 0.25) is 0 Å². The molecule has 0 aromatic rings. The lowest BCUT2D eigenvalue weighted by Gasteiger charge is -2.13. The highest BCUT2D eigenvalue weighted by molar-refractivity contribution is 5.82. The Hall–Kier alpha value is -1.10. The van der Waals surface area contributed by atoms with Crippen molar-refractivity contribution in [2.75, 3.05) is 13.1 Å². The van der Waals surface area contributed by atoms with E-state index >= 15 is 0 Å². The van der Waals surface area contributed by atoms with Crippen molar-refractivity contribution >= 4 is 11.9 Å². The molecule has 5 heteroatoms. The SMILES string of the molecule is CC(C)CCNC(=O)C(C)NCC(=O)O. The van der Waals surface area contributed by atoms with Crippen LogP contribution in [0.3, 0.4) is 0 Å². The molecule has 15 heavy (non-hydrogen) atoms. The van der Waals surface area contributed by atoms with Crippen molar-refractivity contribution in [2.24, 2.45) is 5.92 Å². The standard InChI is InChI=1S/C10H20N2O3/c1-7(2)4-5-11-10(15)8(3)12-6-9(13)14/h7-8,12H,4-6H2,1-3H3,(H,11,15)(H,13,14). The Kier molecular flexibility index (Phi) is 6.70. The second-order valence-electron chi connectivity index (χ2n) is 3.97. The predicted molar refractivity (Wildman–Crippen MR) is 57.6 cm³/mol. The van der Waals surface area contributed by atoms with E-state index in [1.807, 2.05) is 0 Å². The van der Waals surface area contributed by atoms with Gasteiger partial charge < -0.3 is 10.4 Å². The number of rotatable bonds is 7. The number of carboxylic acids is 1. The van der Waals surface area contributed by atoms with E-state index in [1.54, 1.807) is 6.92 Å². The normalized spacial score (nSPS) is 12.5. The molecule has 0 aliphatic heterocycles. The van der Waals surface area contributed by atoms with Crippen LogP contribution in [0.15, 0.2) is 0 Å². The molecule has 1 atom stereocenters. The highest BCUT2D eigenvalue weighted by atomic mass is 16.4. The molecule has 0 aliphatic carbocycles. The summed E-state index contributed by atoms with van der Waals surface area (Å²) in [6, 6.07) is -0.465. The van der Waals surface area contributed by atoms with Gasteiger partial charge >= 0.3 is 5.97 Å². The van der Waals surface area contributed by atoms with Gasteiger partial charge in [0.1, 0.15) is 0 Å². The first-order chi connectivity index (χ1) is 6.93. The zero-order valence-corrected chi connectivity index (χ0v) is 9.54. The molecule has 0 fully saturated rings. The average molecular weight is 216 g/mol. The topological polar surface area (TPSA) is 78.4 Å². The second-order valence-corrected chi connectivity index (χ2v) is 3.97. The number of aliphatic carboxylic acids is 1. The Morgan fingerprint density at radius 3 is 2.33 bits per heavy atom. The molecule has 1 amide bonds. The zero-order valence-electron chi connectivity index (χ0n) is 9.54. The van der Waals surface area contributed by atoms with Gasteiger partial charge in [0.15, 0.2) is 0 Å². The first-order valence-corrected chi connectivity index (χ1v) is 5.16. The van der Waals surface area contributed by atoms with Crippen LogP contribution in [0.5, 0.6) is 0 Å². The fourth-order valence-electron chi connectivity index (χ4n) is 0.970. The maximum absolute atomic E-state index is 11.4. The van der Waals surface area contributed by atoms with Crippen LogP contribution in [-0.4, -0.2) is 36.1 Å². The Morgan fingerprint density at radius 1 is 1.27 bits per heavy atom. The van der Waals surface area contributed by atoms with Crippen LogP contribution >= 0.6 is 0 Å². The van der Waals surface area contributed by atoms with E-state index in [2.05, 4.69) is 24.5 Å². The van der Waals surface area contributed by atoms with E-state index in [4.69, 9.17) is 5.11 Å². The highest BCUT2D eigenvalue weighted by Crippen LogP contribution is 1.96. The largest absolute Gasteiger partial charge is 0.480 e. The molecular formula is C10H20N2O3. The minimum Gasteiger partial charge on any atom is -0.480 e. The van der Waals surface area contributed by atoms with Gasteiger partial charge in [0, 0.05) is 6.54 Å². The number of carbonyl (C=O) groups excluding carboxylic acids is 1. The van der Waals surface area contributed by atoms with E-state index < -0.39 is 12.0 Å². The molecule has 88 valence electrons. The maximum atomic E-state index is 11.4. The van der Waals surface area contributed by atoms with Crippen molar-refractivity contribution in [3.05, 3.63) is 0 Å². The molecule has 0 radical (unpaired) electrons. The van der Waals surface area contributed by atoms with Crippen LogP contribution in [-0.2, 0) is 9.59 Å². The fourth-order valence-corrected chi connectivity index (χ4v) is 0.970. The number of nitrogens with one attached hydrogen (secondary N) is 2. The third kappa shape index (κ3) is 7.93. The van der Waals surface area contributed by atoms with Crippen molar-refractivity contribution in [1.82, 2.24) is 10.6 Å². The summed E-state index contributed by atoms with van der Waals surface area (Å²) >= 11 is 0. The van der Waals surface area contributed by atoms with Crippen molar-refractivity contribution in [3.63, 3.8) is 0 Å². The van der Waals surface area contributed by atoms with Gasteiger partial charge in [-0.15, -0.1) is 0 Å².